The molecule has 1 aromatic rings. The molecule has 1 atom stereocenters. The number of hydrogen-bond acceptors (Lipinski definition) is 3. The van der Waals surface area contributed by atoms with Gasteiger partial charge in [-0.3, -0.25) is 4.79 Å². The fraction of sp³-hybridized carbons (Fsp3) is 0.562. The molecule has 1 unspecified atom stereocenters. The molecule has 0 aliphatic heterocycles. The zero-order chi connectivity index (χ0) is 16.0. The van der Waals surface area contributed by atoms with E-state index in [1.54, 1.807) is 7.05 Å². The van der Waals surface area contributed by atoms with Crippen LogP contribution in [0.3, 0.4) is 0 Å². The summed E-state index contributed by atoms with van der Waals surface area (Å²) in [5.41, 5.74) is 2.13. The van der Waals surface area contributed by atoms with Crippen LogP contribution in [0.5, 0.6) is 0 Å². The fourth-order valence-corrected chi connectivity index (χ4v) is 2.61. The lowest BCUT2D eigenvalue weighted by Gasteiger charge is -2.26. The Balaban J connectivity index is 2.91. The molecule has 0 aliphatic rings. The first-order valence-corrected chi connectivity index (χ1v) is 7.68. The van der Waals surface area contributed by atoms with Crippen molar-refractivity contribution in [3.63, 3.8) is 0 Å². The van der Waals surface area contributed by atoms with Crippen LogP contribution in [0.15, 0.2) is 18.2 Å². The van der Waals surface area contributed by atoms with Gasteiger partial charge in [0.2, 0.25) is 5.91 Å². The zero-order valence-electron chi connectivity index (χ0n) is 13.5. The normalized spacial score (nSPS) is 12.3. The number of halogens is 1. The molecule has 0 aromatic heterocycles. The van der Waals surface area contributed by atoms with Crippen molar-refractivity contribution in [2.75, 3.05) is 25.5 Å². The Labute approximate surface area is 132 Å². The van der Waals surface area contributed by atoms with Crippen LogP contribution in [0.4, 0.5) is 5.69 Å². The number of carbonyl (C=O) groups is 1. The van der Waals surface area contributed by atoms with Gasteiger partial charge in [-0.2, -0.15) is 0 Å². The SMILES string of the molecule is CNC(=O)C(C)CN(C)c1c(Cl)cccc1CNC(C)C. The highest BCUT2D eigenvalue weighted by atomic mass is 35.5. The van der Waals surface area contributed by atoms with Crippen LogP contribution in [0, 0.1) is 5.92 Å². The monoisotopic (exact) mass is 311 g/mol. The van der Waals surface area contributed by atoms with Crippen molar-refractivity contribution in [2.24, 2.45) is 5.92 Å². The third-order valence-corrected chi connectivity index (χ3v) is 3.70. The average Bonchev–Trinajstić information content (AvgIpc) is 2.43. The van der Waals surface area contributed by atoms with Gasteiger partial charge >= 0.3 is 0 Å². The van der Waals surface area contributed by atoms with Gasteiger partial charge in [0.25, 0.3) is 0 Å². The smallest absolute Gasteiger partial charge is 0.224 e. The molecule has 4 nitrogen and oxygen atoms in total. The second-order valence-corrected chi connectivity index (χ2v) is 6.09. The molecule has 0 radical (unpaired) electrons. The van der Waals surface area contributed by atoms with E-state index in [0.717, 1.165) is 17.8 Å². The van der Waals surface area contributed by atoms with Crippen molar-refractivity contribution in [1.82, 2.24) is 10.6 Å². The van der Waals surface area contributed by atoms with Gasteiger partial charge in [-0.1, -0.05) is 44.5 Å². The van der Waals surface area contributed by atoms with Crippen molar-refractivity contribution in [3.05, 3.63) is 28.8 Å². The van der Waals surface area contributed by atoms with Gasteiger partial charge in [0.1, 0.15) is 0 Å². The van der Waals surface area contributed by atoms with Crippen LogP contribution in [0.2, 0.25) is 5.02 Å². The molecule has 0 aliphatic carbocycles. The Morgan fingerprint density at radius 2 is 2.00 bits per heavy atom. The van der Waals surface area contributed by atoms with E-state index in [4.69, 9.17) is 11.6 Å². The summed E-state index contributed by atoms with van der Waals surface area (Å²) in [6.07, 6.45) is 0. The maximum absolute atomic E-state index is 11.7. The van der Waals surface area contributed by atoms with Gasteiger partial charge in [-0.15, -0.1) is 0 Å². The number of carbonyl (C=O) groups excluding carboxylic acids is 1. The van der Waals surface area contributed by atoms with Crippen molar-refractivity contribution in [3.8, 4) is 0 Å². The predicted molar refractivity (Wildman–Crippen MR) is 89.9 cm³/mol. The maximum Gasteiger partial charge on any atom is 0.224 e. The van der Waals surface area contributed by atoms with Crippen LogP contribution < -0.4 is 15.5 Å². The van der Waals surface area contributed by atoms with Gasteiger partial charge in [0.15, 0.2) is 0 Å². The van der Waals surface area contributed by atoms with Crippen molar-refractivity contribution in [1.29, 1.82) is 0 Å². The first kappa shape index (κ1) is 17.8. The lowest BCUT2D eigenvalue weighted by atomic mass is 10.1. The highest BCUT2D eigenvalue weighted by Crippen LogP contribution is 2.29. The van der Waals surface area contributed by atoms with E-state index in [-0.39, 0.29) is 11.8 Å². The second-order valence-electron chi connectivity index (χ2n) is 5.68. The molecule has 118 valence electrons. The summed E-state index contributed by atoms with van der Waals surface area (Å²) in [6.45, 7) is 7.52. The number of nitrogens with one attached hydrogen (secondary N) is 2. The first-order valence-electron chi connectivity index (χ1n) is 7.30. The lowest BCUT2D eigenvalue weighted by Crippen LogP contribution is -2.35. The van der Waals surface area contributed by atoms with E-state index in [2.05, 4.69) is 35.4 Å². The Bertz CT molecular complexity index is 477. The van der Waals surface area contributed by atoms with E-state index in [1.807, 2.05) is 26.1 Å². The van der Waals surface area contributed by atoms with Crippen molar-refractivity contribution >= 4 is 23.2 Å². The van der Waals surface area contributed by atoms with E-state index in [1.165, 1.54) is 0 Å². The van der Waals surface area contributed by atoms with Gasteiger partial charge in [0.05, 0.1) is 16.6 Å². The number of amides is 1. The van der Waals surface area contributed by atoms with Gasteiger partial charge in [0, 0.05) is 33.2 Å². The molecule has 2 N–H and O–H groups in total. The molecule has 0 spiro atoms. The summed E-state index contributed by atoms with van der Waals surface area (Å²) in [5.74, 6) is -0.0575. The van der Waals surface area contributed by atoms with Gasteiger partial charge in [-0.25, -0.2) is 0 Å². The molecule has 0 saturated carbocycles. The van der Waals surface area contributed by atoms with Crippen LogP contribution in [-0.4, -0.2) is 32.6 Å². The Kier molecular flexibility index (Phi) is 6.99. The number of hydrogen-bond donors (Lipinski definition) is 2. The van der Waals surface area contributed by atoms with Crippen molar-refractivity contribution < 1.29 is 4.79 Å². The molecule has 0 bridgehead atoms. The zero-order valence-corrected chi connectivity index (χ0v) is 14.3. The van der Waals surface area contributed by atoms with E-state index >= 15 is 0 Å². The molecular weight excluding hydrogens is 286 g/mol. The minimum absolute atomic E-state index is 0.0377. The number of benzene rings is 1. The Hall–Kier alpha value is -1.26. The highest BCUT2D eigenvalue weighted by Gasteiger charge is 2.17. The summed E-state index contributed by atoms with van der Waals surface area (Å²) in [7, 11) is 3.63. The molecule has 0 saturated heterocycles. The molecule has 1 rings (SSSR count). The summed E-state index contributed by atoms with van der Waals surface area (Å²) in [4.78, 5) is 13.7. The third kappa shape index (κ3) is 5.21. The molecule has 21 heavy (non-hydrogen) atoms. The number of rotatable bonds is 7. The quantitative estimate of drug-likeness (QED) is 0.813. The average molecular weight is 312 g/mol. The number of nitrogens with zero attached hydrogens (tertiary/aromatic N) is 1. The van der Waals surface area contributed by atoms with E-state index < -0.39 is 0 Å². The fourth-order valence-electron chi connectivity index (χ4n) is 2.28. The predicted octanol–water partition coefficient (Wildman–Crippen LogP) is 2.66. The topological polar surface area (TPSA) is 44.4 Å². The van der Waals surface area contributed by atoms with E-state index in [0.29, 0.717) is 17.6 Å². The number of para-hydroxylation sites is 1. The maximum atomic E-state index is 11.7. The minimum Gasteiger partial charge on any atom is -0.372 e. The summed E-state index contributed by atoms with van der Waals surface area (Å²) in [5, 5.41) is 6.80. The summed E-state index contributed by atoms with van der Waals surface area (Å²) < 4.78 is 0. The lowest BCUT2D eigenvalue weighted by molar-refractivity contribution is -0.123. The summed E-state index contributed by atoms with van der Waals surface area (Å²) in [6, 6.07) is 6.32. The second kappa shape index (κ2) is 8.25. The largest absolute Gasteiger partial charge is 0.372 e. The third-order valence-electron chi connectivity index (χ3n) is 3.39. The molecular formula is C16H26ClN3O. The molecule has 1 aromatic carbocycles. The van der Waals surface area contributed by atoms with Crippen LogP contribution in [-0.2, 0) is 11.3 Å². The summed E-state index contributed by atoms with van der Waals surface area (Å²) >= 11 is 6.37. The molecule has 1 amide bonds. The van der Waals surface area contributed by atoms with Gasteiger partial charge < -0.3 is 15.5 Å². The minimum atomic E-state index is -0.0952. The first-order chi connectivity index (χ1) is 9.86. The van der Waals surface area contributed by atoms with E-state index in [9.17, 15) is 4.79 Å². The van der Waals surface area contributed by atoms with Gasteiger partial charge in [-0.05, 0) is 11.6 Å². The van der Waals surface area contributed by atoms with Crippen LogP contribution in [0.25, 0.3) is 0 Å². The van der Waals surface area contributed by atoms with Crippen LogP contribution >= 0.6 is 11.6 Å². The standard InChI is InChI=1S/C16H26ClN3O/c1-11(2)19-9-13-7-6-8-14(17)15(13)20(5)10-12(3)16(21)18-4/h6-8,11-12,19H,9-10H2,1-5H3,(H,18,21). The highest BCUT2D eigenvalue weighted by molar-refractivity contribution is 6.33. The molecule has 0 fully saturated rings. The molecule has 5 heteroatoms. The number of anilines is 1. The Morgan fingerprint density at radius 1 is 1.33 bits per heavy atom. The molecule has 0 heterocycles. The van der Waals surface area contributed by atoms with Crippen LogP contribution in [0.1, 0.15) is 26.3 Å². The Morgan fingerprint density at radius 3 is 2.57 bits per heavy atom. The van der Waals surface area contributed by atoms with Crippen molar-refractivity contribution in [2.45, 2.75) is 33.4 Å².